The summed E-state index contributed by atoms with van der Waals surface area (Å²) in [4.78, 5) is 9.73. The van der Waals surface area contributed by atoms with Crippen molar-refractivity contribution in [3.8, 4) is 11.8 Å². The quantitative estimate of drug-likeness (QED) is 0.487. The van der Waals surface area contributed by atoms with E-state index in [4.69, 9.17) is 4.84 Å². The van der Waals surface area contributed by atoms with Crippen molar-refractivity contribution in [1.29, 1.82) is 0 Å². The van der Waals surface area contributed by atoms with Crippen molar-refractivity contribution in [2.75, 3.05) is 0 Å². The molecule has 3 rings (SSSR count). The molecule has 1 aromatic carbocycles. The van der Waals surface area contributed by atoms with Gasteiger partial charge in [0.15, 0.2) is 0 Å². The number of oxime groups is 1. The van der Waals surface area contributed by atoms with Gasteiger partial charge in [0.2, 0.25) is 0 Å². The van der Waals surface area contributed by atoms with Crippen molar-refractivity contribution >= 4 is 5.71 Å². The van der Waals surface area contributed by atoms with Gasteiger partial charge in [0.1, 0.15) is 11.3 Å². The third-order valence-electron chi connectivity index (χ3n) is 3.54. The van der Waals surface area contributed by atoms with Gasteiger partial charge >= 0.3 is 0 Å². The van der Waals surface area contributed by atoms with Gasteiger partial charge in [0.05, 0.1) is 12.9 Å². The maximum Gasteiger partial charge on any atom is 0.129 e. The average molecular weight is 321 g/mol. The van der Waals surface area contributed by atoms with E-state index < -0.39 is 0 Å². The average Bonchev–Trinajstić information content (AvgIpc) is 3.24. The highest BCUT2D eigenvalue weighted by Gasteiger charge is 2.17. The highest BCUT2D eigenvalue weighted by Crippen LogP contribution is 2.27. The fourth-order valence-electron chi connectivity index (χ4n) is 2.08. The predicted molar refractivity (Wildman–Crippen MR) is 95.6 cm³/mol. The summed E-state index contributed by atoms with van der Waals surface area (Å²) in [5, 5.41) is 4.39. The zero-order valence-electron chi connectivity index (χ0n) is 14.5. The van der Waals surface area contributed by atoms with E-state index in [0.717, 1.165) is 16.8 Å². The van der Waals surface area contributed by atoms with Gasteiger partial charge in [-0.3, -0.25) is 0 Å². The van der Waals surface area contributed by atoms with Crippen LogP contribution in [0.2, 0.25) is 0 Å². The summed E-state index contributed by atoms with van der Waals surface area (Å²) in [5.41, 5.74) is 2.62. The van der Waals surface area contributed by atoms with Gasteiger partial charge in [-0.25, -0.2) is 4.98 Å². The van der Waals surface area contributed by atoms with Gasteiger partial charge in [-0.2, -0.15) is 0 Å². The number of imidazole rings is 1. The Balaban J connectivity index is 1.80. The van der Waals surface area contributed by atoms with Crippen molar-refractivity contribution < 1.29 is 4.84 Å². The van der Waals surface area contributed by atoms with Gasteiger partial charge in [-0.05, 0) is 45.7 Å². The van der Waals surface area contributed by atoms with E-state index in [2.05, 4.69) is 34.1 Å². The Morgan fingerprint density at radius 3 is 2.62 bits per heavy atom. The highest BCUT2D eigenvalue weighted by atomic mass is 16.6. The molecule has 1 aliphatic carbocycles. The van der Waals surface area contributed by atoms with E-state index in [1.807, 2.05) is 43.7 Å². The van der Waals surface area contributed by atoms with Crippen LogP contribution in [0.3, 0.4) is 0 Å². The van der Waals surface area contributed by atoms with E-state index in [1.54, 1.807) is 12.5 Å². The number of rotatable bonds is 4. The SMILES string of the molecule is CC(C)(C)ON=C(Cn1ccnc1)c1ccc(C#CC2CC2)cc1. The molecule has 24 heavy (non-hydrogen) atoms. The molecule has 124 valence electrons. The second-order valence-electron chi connectivity index (χ2n) is 7.10. The molecule has 1 aliphatic rings. The molecular formula is C20H23N3O. The lowest BCUT2D eigenvalue weighted by Crippen LogP contribution is -2.19. The largest absolute Gasteiger partial charge is 0.390 e. The van der Waals surface area contributed by atoms with Gasteiger partial charge in [0, 0.05) is 29.4 Å². The van der Waals surface area contributed by atoms with Crippen molar-refractivity contribution in [2.24, 2.45) is 11.1 Å². The maximum absolute atomic E-state index is 5.64. The van der Waals surface area contributed by atoms with Crippen molar-refractivity contribution in [3.63, 3.8) is 0 Å². The summed E-state index contributed by atoms with van der Waals surface area (Å²) in [6, 6.07) is 8.20. The molecule has 1 saturated carbocycles. The topological polar surface area (TPSA) is 39.4 Å². The normalized spacial score (nSPS) is 14.9. The number of hydrogen-bond donors (Lipinski definition) is 0. The third-order valence-corrected chi connectivity index (χ3v) is 3.54. The van der Waals surface area contributed by atoms with Crippen LogP contribution >= 0.6 is 0 Å². The second kappa shape index (κ2) is 6.92. The minimum absolute atomic E-state index is 0.324. The van der Waals surface area contributed by atoms with Crippen LogP contribution in [0, 0.1) is 17.8 Å². The Kier molecular flexibility index (Phi) is 4.71. The number of benzene rings is 1. The smallest absolute Gasteiger partial charge is 0.129 e. The lowest BCUT2D eigenvalue weighted by atomic mass is 10.1. The summed E-state index contributed by atoms with van der Waals surface area (Å²) >= 11 is 0. The Hall–Kier alpha value is -2.54. The molecule has 2 aromatic rings. The van der Waals surface area contributed by atoms with Crippen molar-refractivity contribution in [1.82, 2.24) is 9.55 Å². The molecule has 0 aliphatic heterocycles. The van der Waals surface area contributed by atoms with Gasteiger partial charge in [-0.15, -0.1) is 0 Å². The van der Waals surface area contributed by atoms with E-state index in [9.17, 15) is 0 Å². The predicted octanol–water partition coefficient (Wildman–Crippen LogP) is 3.86. The molecule has 0 atom stereocenters. The van der Waals surface area contributed by atoms with E-state index in [1.165, 1.54) is 12.8 Å². The molecule has 0 saturated heterocycles. The second-order valence-corrected chi connectivity index (χ2v) is 7.10. The highest BCUT2D eigenvalue weighted by molar-refractivity contribution is 6.00. The van der Waals surface area contributed by atoms with E-state index in [0.29, 0.717) is 12.5 Å². The first-order valence-corrected chi connectivity index (χ1v) is 8.32. The number of hydrogen-bond acceptors (Lipinski definition) is 3. The fraction of sp³-hybridized carbons (Fsp3) is 0.400. The first-order chi connectivity index (χ1) is 11.5. The van der Waals surface area contributed by atoms with Crippen LogP contribution in [0.5, 0.6) is 0 Å². The van der Waals surface area contributed by atoms with Crippen LogP contribution in [0.25, 0.3) is 0 Å². The Morgan fingerprint density at radius 1 is 1.29 bits per heavy atom. The van der Waals surface area contributed by atoms with Gasteiger partial charge in [0.25, 0.3) is 0 Å². The standard InChI is InChI=1S/C20H23N3O/c1-20(2,3)24-22-19(14-23-13-12-21-15-23)18-10-8-17(9-11-18)7-6-16-4-5-16/h8-13,15-16H,4-5,14H2,1-3H3. The summed E-state index contributed by atoms with van der Waals surface area (Å²) in [6.45, 7) is 6.58. The van der Waals surface area contributed by atoms with E-state index in [-0.39, 0.29) is 5.60 Å². The van der Waals surface area contributed by atoms with Crippen LogP contribution in [0.1, 0.15) is 44.7 Å². The Morgan fingerprint density at radius 2 is 2.04 bits per heavy atom. The van der Waals surface area contributed by atoms with Crippen molar-refractivity contribution in [2.45, 2.75) is 45.8 Å². The number of aromatic nitrogens is 2. The Bertz CT molecular complexity index is 752. The van der Waals surface area contributed by atoms with E-state index >= 15 is 0 Å². The molecule has 0 spiro atoms. The molecule has 0 radical (unpaired) electrons. The third kappa shape index (κ3) is 4.99. The lowest BCUT2D eigenvalue weighted by molar-refractivity contribution is 0.000616. The van der Waals surface area contributed by atoms with Gasteiger partial charge < -0.3 is 9.40 Å². The molecule has 1 fully saturated rings. The molecule has 4 nitrogen and oxygen atoms in total. The summed E-state index contributed by atoms with van der Waals surface area (Å²) in [6.07, 6.45) is 7.96. The molecule has 4 heteroatoms. The monoisotopic (exact) mass is 321 g/mol. The zero-order chi connectivity index (χ0) is 17.0. The zero-order valence-corrected chi connectivity index (χ0v) is 14.5. The summed E-state index contributed by atoms with van der Waals surface area (Å²) < 4.78 is 1.98. The van der Waals surface area contributed by atoms with Crippen LogP contribution in [0.4, 0.5) is 0 Å². The minimum Gasteiger partial charge on any atom is -0.390 e. The van der Waals surface area contributed by atoms with Gasteiger partial charge in [-0.1, -0.05) is 29.1 Å². The molecule has 0 N–H and O–H groups in total. The minimum atomic E-state index is -0.324. The lowest BCUT2D eigenvalue weighted by Gasteiger charge is -2.17. The van der Waals surface area contributed by atoms with Crippen LogP contribution in [-0.4, -0.2) is 20.9 Å². The molecule has 1 heterocycles. The van der Waals surface area contributed by atoms with Crippen LogP contribution in [0.15, 0.2) is 48.1 Å². The fourth-order valence-corrected chi connectivity index (χ4v) is 2.08. The Labute approximate surface area is 143 Å². The molecular weight excluding hydrogens is 298 g/mol. The molecule has 0 bridgehead atoms. The molecule has 1 aromatic heterocycles. The number of nitrogens with zero attached hydrogens (tertiary/aromatic N) is 3. The summed E-state index contributed by atoms with van der Waals surface area (Å²) in [7, 11) is 0. The molecule has 0 amide bonds. The molecule has 0 unspecified atom stereocenters. The first kappa shape index (κ1) is 16.3. The van der Waals surface area contributed by atoms with Crippen LogP contribution in [-0.2, 0) is 11.4 Å². The summed E-state index contributed by atoms with van der Waals surface area (Å²) in [5.74, 6) is 7.14. The van der Waals surface area contributed by atoms with Crippen molar-refractivity contribution in [3.05, 3.63) is 54.1 Å². The first-order valence-electron chi connectivity index (χ1n) is 8.32. The van der Waals surface area contributed by atoms with Crippen LogP contribution < -0.4 is 0 Å². The maximum atomic E-state index is 5.64.